The van der Waals surface area contributed by atoms with Crippen molar-refractivity contribution in [3.8, 4) is 68.3 Å². The Morgan fingerprint density at radius 2 is 0.651 bits per heavy atom. The van der Waals surface area contributed by atoms with Crippen molar-refractivity contribution in [2.24, 2.45) is 35.5 Å². The van der Waals surface area contributed by atoms with Crippen LogP contribution in [-0.2, 0) is 53.3 Å². The second-order valence-electron chi connectivity index (χ2n) is 35.2. The fourth-order valence-electron chi connectivity index (χ4n) is 19.8. The van der Waals surface area contributed by atoms with Gasteiger partial charge in [-0.25, -0.2) is 41.3 Å². The summed E-state index contributed by atoms with van der Waals surface area (Å²) in [5.41, 5.74) is 11.0. The fraction of sp³-hybridized carbons (Fsp3) is 0.460. The summed E-state index contributed by atoms with van der Waals surface area (Å²) in [5.74, 6) is -2.83. The number of carboxylic acid groups (broad SMARTS) is 3. The van der Waals surface area contributed by atoms with E-state index in [0.29, 0.717) is 124 Å². The minimum atomic E-state index is -0.797. The summed E-state index contributed by atoms with van der Waals surface area (Å²) >= 11 is 0.250. The zero-order chi connectivity index (χ0) is 88.7. The molecular weight excluding hydrogens is 1640 g/mol. The van der Waals surface area contributed by atoms with Crippen molar-refractivity contribution >= 4 is 30.1 Å². The lowest BCUT2D eigenvalue weighted by Gasteiger charge is -2.30. The molecule has 6 fully saturated rings. The first kappa shape index (κ1) is 90.5. The molecule has 3 saturated heterocycles. The minimum absolute atomic E-state index is 0.0721. The first-order valence-electron chi connectivity index (χ1n) is 44.3. The number of likely N-dealkylation sites (tertiary alicyclic amines) is 3. The molecule has 3 aromatic heterocycles. The van der Waals surface area contributed by atoms with Gasteiger partial charge in [0.1, 0.15) is 70.5 Å². The largest absolute Gasteiger partial charge is 0.485 e. The Morgan fingerprint density at radius 3 is 0.881 bits per heavy atom. The van der Waals surface area contributed by atoms with Crippen molar-refractivity contribution in [2.75, 3.05) is 66.9 Å². The van der Waals surface area contributed by atoms with E-state index in [-0.39, 0.29) is 81.7 Å². The SMILES string of the molecule is COc1cc(-c2ccc(C3CCc4ccc([C@H](C5CC5)[C@H](C)C(=O)O)cc4O3)c(F)c2CN2CCCC2)c(F)cn1.COc1cc(-c2ccc(C3CCc4ccc([C@H](C5CC5)[C@H](C)C(=O)O)cc4O3)c(F)c2CN2CCCC2)c(F)cn1.COc1cc(-c2ccc(C3CCc4ccc([C@H](C5CC5)[C@H](C)C(=O)O)cc4O3)c(F)c2CN2CCCC2)c(F)cn1.CSF. The molecule has 18 rings (SSSR count). The van der Waals surface area contributed by atoms with Gasteiger partial charge in [-0.1, -0.05) is 93.6 Å². The number of aliphatic carboxylic acids is 3. The number of benzene rings is 6. The molecule has 126 heavy (non-hydrogen) atoms. The number of hydrogen-bond donors (Lipinski definition) is 3. The maximum Gasteiger partial charge on any atom is 0.306 e. The van der Waals surface area contributed by atoms with Gasteiger partial charge in [0.15, 0.2) is 0 Å². The highest BCUT2D eigenvalue weighted by molar-refractivity contribution is 7.93. The number of aromatic nitrogens is 3. The number of carbonyl (C=O) groups is 3. The van der Waals surface area contributed by atoms with Crippen LogP contribution in [0.25, 0.3) is 33.4 Å². The zero-order valence-electron chi connectivity index (χ0n) is 72.4. The molecule has 0 amide bonds. The van der Waals surface area contributed by atoms with Gasteiger partial charge in [0.05, 0.1) is 57.7 Å². The molecule has 3 saturated carbocycles. The van der Waals surface area contributed by atoms with E-state index in [1.54, 1.807) is 57.2 Å². The van der Waals surface area contributed by atoms with E-state index in [1.165, 1.54) is 45.8 Å². The predicted molar refractivity (Wildman–Crippen MR) is 468 cm³/mol. The Morgan fingerprint density at radius 1 is 0.397 bits per heavy atom. The van der Waals surface area contributed by atoms with E-state index in [2.05, 4.69) is 29.7 Å². The summed E-state index contributed by atoms with van der Waals surface area (Å²) in [7, 11) is 4.41. The number of ether oxygens (including phenoxy) is 6. The number of nitrogens with zero attached hydrogens (tertiary/aromatic N) is 6. The van der Waals surface area contributed by atoms with E-state index < -0.39 is 71.4 Å². The highest BCUT2D eigenvalue weighted by Gasteiger charge is 2.44. The van der Waals surface area contributed by atoms with Gasteiger partial charge in [0, 0.05) is 106 Å². The van der Waals surface area contributed by atoms with Crippen molar-refractivity contribution in [2.45, 2.75) is 192 Å². The minimum Gasteiger partial charge on any atom is -0.485 e. The van der Waals surface area contributed by atoms with Crippen LogP contribution in [-0.4, -0.2) is 130 Å². The first-order valence-corrected chi connectivity index (χ1v) is 45.5. The average molecular weight is 1750 g/mol. The normalized spacial score (nSPS) is 19.9. The molecule has 6 aliphatic heterocycles. The van der Waals surface area contributed by atoms with Gasteiger partial charge in [-0.05, 0) is 259 Å². The Kier molecular flexibility index (Phi) is 29.0. The molecule has 26 heteroatoms. The van der Waals surface area contributed by atoms with Crippen LogP contribution in [0.15, 0.2) is 128 Å². The van der Waals surface area contributed by atoms with E-state index in [1.807, 2.05) is 54.6 Å². The number of aryl methyl sites for hydroxylation is 3. The highest BCUT2D eigenvalue weighted by atomic mass is 32.2. The Hall–Kier alpha value is -10.3. The van der Waals surface area contributed by atoms with Crippen molar-refractivity contribution < 1.29 is 88.4 Å². The second kappa shape index (κ2) is 40.4. The Bertz CT molecular complexity index is 4910. The van der Waals surface area contributed by atoms with Gasteiger partial charge in [0.2, 0.25) is 17.6 Å². The molecule has 18 nitrogen and oxygen atoms in total. The lowest BCUT2D eigenvalue weighted by Crippen LogP contribution is -2.23. The molecule has 0 radical (unpaired) electrons. The van der Waals surface area contributed by atoms with Crippen LogP contribution in [0.3, 0.4) is 0 Å². The number of halogens is 7. The van der Waals surface area contributed by atoms with Crippen LogP contribution in [0.2, 0.25) is 0 Å². The smallest absolute Gasteiger partial charge is 0.306 e. The molecule has 3 N–H and O–H groups in total. The monoisotopic (exact) mass is 1750 g/mol. The predicted octanol–water partition coefficient (Wildman–Crippen LogP) is 22.0. The fourth-order valence-corrected chi connectivity index (χ4v) is 19.8. The lowest BCUT2D eigenvalue weighted by atomic mass is 9.82. The van der Waals surface area contributed by atoms with Crippen LogP contribution in [0.5, 0.6) is 34.9 Å². The van der Waals surface area contributed by atoms with Gasteiger partial charge in [-0.3, -0.25) is 29.1 Å². The van der Waals surface area contributed by atoms with Crippen molar-refractivity contribution in [1.29, 1.82) is 0 Å². The van der Waals surface area contributed by atoms with Gasteiger partial charge < -0.3 is 43.7 Å². The standard InChI is InChI=1S/3C33H36F2N2O4.CH3FS/c3*1-19(33(38)39)31(21-6-7-21)22-8-5-20-9-12-28(41-29(20)15-22)24-11-10-23(25-16-30(40-2)36-17-27(25)34)26(32(24)35)18-37-13-3-4-14-37;1-3-2/h3*5,8,10-11,15-17,19,21,28,31H,3-4,6-7,9,12-14,18H2,1-2H3,(H,38,39);1H3/t3*19-,28?,31-;/m000./s1. The molecule has 9 aromatic rings. The van der Waals surface area contributed by atoms with Gasteiger partial charge >= 0.3 is 17.9 Å². The summed E-state index contributed by atoms with van der Waals surface area (Å²) in [4.78, 5) is 54.0. The Balaban J connectivity index is 0.000000143. The van der Waals surface area contributed by atoms with Gasteiger partial charge in [-0.15, -0.1) is 0 Å². The van der Waals surface area contributed by atoms with Gasteiger partial charge in [-0.2, -0.15) is 3.89 Å². The van der Waals surface area contributed by atoms with E-state index in [9.17, 15) is 46.8 Å². The highest BCUT2D eigenvalue weighted by Crippen LogP contribution is 2.53. The summed E-state index contributed by atoms with van der Waals surface area (Å²) in [5, 5.41) is 29.2. The third-order valence-electron chi connectivity index (χ3n) is 27.0. The summed E-state index contributed by atoms with van der Waals surface area (Å²) in [6.07, 6.45) is 19.7. The molecule has 9 heterocycles. The van der Waals surface area contributed by atoms with Crippen molar-refractivity contribution in [1.82, 2.24) is 29.7 Å². The lowest BCUT2D eigenvalue weighted by molar-refractivity contribution is -0.143. The molecule has 0 bridgehead atoms. The summed E-state index contributed by atoms with van der Waals surface area (Å²) < 4.78 is 140. The van der Waals surface area contributed by atoms with Crippen LogP contribution in [0.1, 0.15) is 220 Å². The average Bonchev–Trinajstić information content (AvgIpc) is 1.42. The first-order chi connectivity index (χ1) is 60.9. The molecule has 0 spiro atoms. The van der Waals surface area contributed by atoms with Crippen molar-refractivity contribution in [3.05, 3.63) is 229 Å². The third-order valence-corrected chi connectivity index (χ3v) is 27.0. The van der Waals surface area contributed by atoms with E-state index in [0.717, 1.165) is 188 Å². The van der Waals surface area contributed by atoms with Crippen molar-refractivity contribution in [3.63, 3.8) is 0 Å². The maximum absolute atomic E-state index is 16.5. The quantitative estimate of drug-likeness (QED) is 0.0408. The maximum atomic E-state index is 16.5. The third kappa shape index (κ3) is 20.5. The molecule has 668 valence electrons. The van der Waals surface area contributed by atoms with Crippen LogP contribution in [0, 0.1) is 70.4 Å². The molecule has 6 aromatic carbocycles. The topological polar surface area (TPSA) is 216 Å². The summed E-state index contributed by atoms with van der Waals surface area (Å²) in [6, 6.07) is 33.1. The number of rotatable bonds is 27. The molecule has 3 unspecified atom stereocenters. The molecule has 3 aliphatic carbocycles. The number of hydrogen-bond acceptors (Lipinski definition) is 16. The van der Waals surface area contributed by atoms with Gasteiger partial charge in [0.25, 0.3) is 0 Å². The van der Waals surface area contributed by atoms with E-state index >= 15 is 13.2 Å². The number of carboxylic acids is 3. The second-order valence-corrected chi connectivity index (χ2v) is 35.5. The number of pyridine rings is 3. The van der Waals surface area contributed by atoms with Crippen LogP contribution in [0.4, 0.5) is 30.2 Å². The number of methoxy groups -OCH3 is 3. The number of fused-ring (bicyclic) bond motifs is 3. The van der Waals surface area contributed by atoms with E-state index in [4.69, 9.17) is 28.4 Å². The summed E-state index contributed by atoms with van der Waals surface area (Å²) in [6.45, 7) is 11.7. The molecule has 9 atom stereocenters. The molecular formula is C100H111F7N6O12S. The van der Waals surface area contributed by atoms with Crippen LogP contribution >= 0.6 is 12.1 Å². The molecule has 9 aliphatic rings. The Labute approximate surface area is 736 Å². The van der Waals surface area contributed by atoms with Crippen LogP contribution < -0.4 is 28.4 Å². The zero-order valence-corrected chi connectivity index (χ0v) is 73.2.